The number of hydrogen-bond donors (Lipinski definition) is 2. The number of carbonyl (C=O) groups excluding carboxylic acids is 2. The molecule has 7 nitrogen and oxygen atoms in total. The highest BCUT2D eigenvalue weighted by Gasteiger charge is 2.26. The summed E-state index contributed by atoms with van der Waals surface area (Å²) in [5.74, 6) is -0.127. The van der Waals surface area contributed by atoms with Gasteiger partial charge in [0.2, 0.25) is 11.8 Å². The molecule has 1 saturated heterocycles. The Labute approximate surface area is 177 Å². The highest BCUT2D eigenvalue weighted by atomic mass is 16.2. The van der Waals surface area contributed by atoms with Gasteiger partial charge < -0.3 is 10.6 Å². The minimum Gasteiger partial charge on any atom is -0.351 e. The highest BCUT2D eigenvalue weighted by molar-refractivity contribution is 5.95. The number of amides is 2. The summed E-state index contributed by atoms with van der Waals surface area (Å²) < 4.78 is 0. The first-order chi connectivity index (χ1) is 14.6. The van der Waals surface area contributed by atoms with Gasteiger partial charge in [-0.1, -0.05) is 42.5 Å². The van der Waals surface area contributed by atoms with Crippen molar-refractivity contribution in [1.82, 2.24) is 15.1 Å². The van der Waals surface area contributed by atoms with Crippen LogP contribution in [0.2, 0.25) is 0 Å². The second-order valence-corrected chi connectivity index (χ2v) is 7.40. The van der Waals surface area contributed by atoms with Crippen LogP contribution in [0.1, 0.15) is 18.1 Å². The molecule has 7 heteroatoms. The van der Waals surface area contributed by atoms with Gasteiger partial charge in [0, 0.05) is 32.7 Å². The second kappa shape index (κ2) is 10.5. The lowest BCUT2D eigenvalue weighted by Crippen LogP contribution is -2.54. The van der Waals surface area contributed by atoms with Gasteiger partial charge in [0.15, 0.2) is 0 Å². The van der Waals surface area contributed by atoms with E-state index in [1.807, 2.05) is 37.3 Å². The van der Waals surface area contributed by atoms with Crippen molar-refractivity contribution in [3.8, 4) is 6.07 Å². The van der Waals surface area contributed by atoms with Crippen LogP contribution >= 0.6 is 0 Å². The third-order valence-electron chi connectivity index (χ3n) is 5.34. The SMILES string of the molecule is CC(C(=O)Nc1ccccc1C#N)N1CCN(CC(=O)NCc2ccccc2)CC1. The quantitative estimate of drug-likeness (QED) is 0.734. The summed E-state index contributed by atoms with van der Waals surface area (Å²) in [6.07, 6.45) is 0. The van der Waals surface area contributed by atoms with Crippen LogP contribution < -0.4 is 10.6 Å². The number of nitrogens with one attached hydrogen (secondary N) is 2. The van der Waals surface area contributed by atoms with Crippen LogP contribution in [0.5, 0.6) is 0 Å². The predicted octanol–water partition coefficient (Wildman–Crippen LogP) is 1.82. The molecule has 0 aromatic heterocycles. The lowest BCUT2D eigenvalue weighted by Gasteiger charge is -2.37. The smallest absolute Gasteiger partial charge is 0.241 e. The first-order valence-corrected chi connectivity index (χ1v) is 10.1. The molecule has 0 aliphatic carbocycles. The third-order valence-corrected chi connectivity index (χ3v) is 5.34. The van der Waals surface area contributed by atoms with Gasteiger partial charge in [0.05, 0.1) is 23.8 Å². The molecule has 1 unspecified atom stereocenters. The number of para-hydroxylation sites is 1. The fourth-order valence-electron chi connectivity index (χ4n) is 3.46. The van der Waals surface area contributed by atoms with Gasteiger partial charge in [-0.15, -0.1) is 0 Å². The van der Waals surface area contributed by atoms with Gasteiger partial charge in [0.1, 0.15) is 6.07 Å². The number of rotatable bonds is 7. The van der Waals surface area contributed by atoms with Gasteiger partial charge in [-0.3, -0.25) is 19.4 Å². The molecule has 2 aromatic carbocycles. The highest BCUT2D eigenvalue weighted by Crippen LogP contribution is 2.15. The van der Waals surface area contributed by atoms with Gasteiger partial charge in [0.25, 0.3) is 0 Å². The number of nitrogens with zero attached hydrogens (tertiary/aromatic N) is 3. The number of nitriles is 1. The number of anilines is 1. The lowest BCUT2D eigenvalue weighted by atomic mass is 10.1. The van der Waals surface area contributed by atoms with E-state index in [9.17, 15) is 14.9 Å². The molecular formula is C23H27N5O2. The zero-order valence-electron chi connectivity index (χ0n) is 17.2. The molecule has 1 aliphatic heterocycles. The number of carbonyl (C=O) groups is 2. The first-order valence-electron chi connectivity index (χ1n) is 10.1. The van der Waals surface area contributed by atoms with E-state index < -0.39 is 0 Å². The molecule has 0 saturated carbocycles. The maximum absolute atomic E-state index is 12.6. The molecule has 0 bridgehead atoms. The van der Waals surface area contributed by atoms with E-state index in [2.05, 4.69) is 26.5 Å². The van der Waals surface area contributed by atoms with Crippen molar-refractivity contribution in [2.24, 2.45) is 0 Å². The number of benzene rings is 2. The summed E-state index contributed by atoms with van der Waals surface area (Å²) in [6.45, 7) is 5.63. The molecule has 3 rings (SSSR count). The van der Waals surface area contributed by atoms with Crippen LogP contribution in [0.15, 0.2) is 54.6 Å². The Balaban J connectivity index is 1.42. The van der Waals surface area contributed by atoms with E-state index in [1.165, 1.54) is 0 Å². The third kappa shape index (κ3) is 5.89. The first kappa shape index (κ1) is 21.5. The Morgan fingerprint density at radius 1 is 1.03 bits per heavy atom. The van der Waals surface area contributed by atoms with Crippen LogP contribution in [-0.4, -0.2) is 60.4 Å². The van der Waals surface area contributed by atoms with Crippen molar-refractivity contribution < 1.29 is 9.59 Å². The van der Waals surface area contributed by atoms with E-state index in [1.54, 1.807) is 24.3 Å². The summed E-state index contributed by atoms with van der Waals surface area (Å²) in [6, 6.07) is 18.6. The lowest BCUT2D eigenvalue weighted by molar-refractivity contribution is -0.124. The Kier molecular flexibility index (Phi) is 7.55. The van der Waals surface area contributed by atoms with E-state index in [4.69, 9.17) is 0 Å². The van der Waals surface area contributed by atoms with Crippen molar-refractivity contribution in [2.45, 2.75) is 19.5 Å². The maximum atomic E-state index is 12.6. The zero-order valence-corrected chi connectivity index (χ0v) is 17.2. The fourth-order valence-corrected chi connectivity index (χ4v) is 3.46. The topological polar surface area (TPSA) is 88.5 Å². The summed E-state index contributed by atoms with van der Waals surface area (Å²) in [5, 5.41) is 15.0. The van der Waals surface area contributed by atoms with Gasteiger partial charge >= 0.3 is 0 Å². The van der Waals surface area contributed by atoms with Crippen LogP contribution in [0.4, 0.5) is 5.69 Å². The van der Waals surface area contributed by atoms with Crippen molar-refractivity contribution in [2.75, 3.05) is 38.0 Å². The Morgan fingerprint density at radius 3 is 2.40 bits per heavy atom. The van der Waals surface area contributed by atoms with E-state index in [-0.39, 0.29) is 17.9 Å². The Morgan fingerprint density at radius 2 is 1.70 bits per heavy atom. The average Bonchev–Trinajstić information content (AvgIpc) is 2.79. The molecule has 1 heterocycles. The standard InChI is InChI=1S/C23H27N5O2/c1-18(23(30)26-21-10-6-5-9-20(21)15-24)28-13-11-27(12-14-28)17-22(29)25-16-19-7-3-2-4-8-19/h2-10,18H,11-14,16-17H2,1H3,(H,25,29)(H,26,30). The maximum Gasteiger partial charge on any atom is 0.241 e. The van der Waals surface area contributed by atoms with Crippen LogP contribution in [0, 0.1) is 11.3 Å². The molecule has 156 valence electrons. The summed E-state index contributed by atoms with van der Waals surface area (Å²) >= 11 is 0. The molecule has 2 aromatic rings. The van der Waals surface area contributed by atoms with Crippen LogP contribution in [-0.2, 0) is 16.1 Å². The number of piperazine rings is 1. The molecule has 1 atom stereocenters. The monoisotopic (exact) mass is 405 g/mol. The minimum absolute atomic E-state index is 0.00575. The van der Waals surface area contributed by atoms with Gasteiger partial charge in [-0.25, -0.2) is 0 Å². The van der Waals surface area contributed by atoms with Crippen molar-refractivity contribution >= 4 is 17.5 Å². The zero-order chi connectivity index (χ0) is 21.3. The van der Waals surface area contributed by atoms with Crippen LogP contribution in [0.3, 0.4) is 0 Å². The van der Waals surface area contributed by atoms with E-state index in [0.29, 0.717) is 37.4 Å². The Bertz CT molecular complexity index is 901. The van der Waals surface area contributed by atoms with Crippen LogP contribution in [0.25, 0.3) is 0 Å². The van der Waals surface area contributed by atoms with Crippen molar-refractivity contribution in [3.63, 3.8) is 0 Å². The average molecular weight is 406 g/mol. The fraction of sp³-hybridized carbons (Fsp3) is 0.348. The van der Waals surface area contributed by atoms with Crippen molar-refractivity contribution in [3.05, 3.63) is 65.7 Å². The molecule has 0 spiro atoms. The molecular weight excluding hydrogens is 378 g/mol. The Hall–Kier alpha value is -3.21. The molecule has 2 amide bonds. The molecule has 0 radical (unpaired) electrons. The van der Waals surface area contributed by atoms with Gasteiger partial charge in [-0.05, 0) is 24.6 Å². The molecule has 1 fully saturated rings. The number of hydrogen-bond acceptors (Lipinski definition) is 5. The van der Waals surface area contributed by atoms with E-state index in [0.717, 1.165) is 18.7 Å². The molecule has 1 aliphatic rings. The van der Waals surface area contributed by atoms with E-state index >= 15 is 0 Å². The summed E-state index contributed by atoms with van der Waals surface area (Å²) in [7, 11) is 0. The van der Waals surface area contributed by atoms with Crippen molar-refractivity contribution in [1.29, 1.82) is 5.26 Å². The molecule has 2 N–H and O–H groups in total. The van der Waals surface area contributed by atoms with Gasteiger partial charge in [-0.2, -0.15) is 5.26 Å². The molecule has 30 heavy (non-hydrogen) atoms. The summed E-state index contributed by atoms with van der Waals surface area (Å²) in [4.78, 5) is 29.0. The largest absolute Gasteiger partial charge is 0.351 e. The second-order valence-electron chi connectivity index (χ2n) is 7.40. The normalized spacial score (nSPS) is 15.7. The summed E-state index contributed by atoms with van der Waals surface area (Å²) in [5.41, 5.74) is 2.06. The minimum atomic E-state index is -0.314. The predicted molar refractivity (Wildman–Crippen MR) is 116 cm³/mol.